The first-order valence-electron chi connectivity index (χ1n) is 8.02. The lowest BCUT2D eigenvalue weighted by atomic mass is 10.0. The molecule has 0 aliphatic heterocycles. The highest BCUT2D eigenvalue weighted by Gasteiger charge is 2.19. The van der Waals surface area contributed by atoms with Crippen LogP contribution in [0, 0.1) is 0 Å². The average molecular weight is 358 g/mol. The van der Waals surface area contributed by atoms with Crippen LogP contribution in [0.1, 0.15) is 22.3 Å². The molecule has 0 aliphatic carbocycles. The van der Waals surface area contributed by atoms with E-state index in [9.17, 15) is 9.59 Å². The van der Waals surface area contributed by atoms with Gasteiger partial charge in [0, 0.05) is 17.3 Å². The SMILES string of the molecule is COc1ccc(C(=O)N[C@@H](CC(=O)O)Cc2ccc(N)cc2)cc1OC. The molecule has 0 heterocycles. The van der Waals surface area contributed by atoms with E-state index in [4.69, 9.17) is 20.3 Å². The molecule has 0 aromatic heterocycles. The number of benzene rings is 2. The lowest BCUT2D eigenvalue weighted by molar-refractivity contribution is -0.137. The standard InChI is InChI=1S/C19H22N2O5/c1-25-16-8-5-13(10-17(16)26-2)19(24)21-15(11-18(22)23)9-12-3-6-14(20)7-4-12/h3-8,10,15H,9,11,20H2,1-2H3,(H,21,24)(H,22,23)/t15-/m1/s1. The van der Waals surface area contributed by atoms with Gasteiger partial charge in [0.1, 0.15) is 0 Å². The van der Waals surface area contributed by atoms with Crippen molar-refractivity contribution in [1.29, 1.82) is 0 Å². The molecule has 7 heteroatoms. The fraction of sp³-hybridized carbons (Fsp3) is 0.263. The van der Waals surface area contributed by atoms with E-state index in [1.165, 1.54) is 14.2 Å². The van der Waals surface area contributed by atoms with Gasteiger partial charge in [-0.05, 0) is 42.3 Å². The molecular weight excluding hydrogens is 336 g/mol. The Kier molecular flexibility index (Phi) is 6.43. The lowest BCUT2D eigenvalue weighted by Gasteiger charge is -2.18. The van der Waals surface area contributed by atoms with Gasteiger partial charge in [0.15, 0.2) is 11.5 Å². The predicted molar refractivity (Wildman–Crippen MR) is 97.6 cm³/mol. The van der Waals surface area contributed by atoms with E-state index < -0.39 is 12.0 Å². The first kappa shape index (κ1) is 19.1. The van der Waals surface area contributed by atoms with Crippen LogP contribution in [0.3, 0.4) is 0 Å². The van der Waals surface area contributed by atoms with Crippen molar-refractivity contribution < 1.29 is 24.2 Å². The Hall–Kier alpha value is -3.22. The molecule has 0 unspecified atom stereocenters. The van der Waals surface area contributed by atoms with Crippen LogP contribution in [0.25, 0.3) is 0 Å². The maximum Gasteiger partial charge on any atom is 0.305 e. The molecule has 0 fully saturated rings. The zero-order chi connectivity index (χ0) is 19.1. The van der Waals surface area contributed by atoms with Gasteiger partial charge < -0.3 is 25.6 Å². The number of aliphatic carboxylic acids is 1. The van der Waals surface area contributed by atoms with Crippen LogP contribution in [0.4, 0.5) is 5.69 Å². The van der Waals surface area contributed by atoms with Crippen molar-refractivity contribution >= 4 is 17.6 Å². The highest BCUT2D eigenvalue weighted by atomic mass is 16.5. The summed E-state index contributed by atoms with van der Waals surface area (Å²) in [6, 6.07) is 11.3. The van der Waals surface area contributed by atoms with Gasteiger partial charge in [-0.1, -0.05) is 12.1 Å². The van der Waals surface area contributed by atoms with Crippen LogP contribution in [-0.2, 0) is 11.2 Å². The van der Waals surface area contributed by atoms with Crippen LogP contribution in [0.2, 0.25) is 0 Å². The van der Waals surface area contributed by atoms with Crippen molar-refractivity contribution in [3.63, 3.8) is 0 Å². The fourth-order valence-electron chi connectivity index (χ4n) is 2.57. The summed E-state index contributed by atoms with van der Waals surface area (Å²) in [7, 11) is 2.99. The Balaban J connectivity index is 2.15. The molecule has 138 valence electrons. The monoisotopic (exact) mass is 358 g/mol. The van der Waals surface area contributed by atoms with E-state index in [0.29, 0.717) is 29.2 Å². The highest BCUT2D eigenvalue weighted by Crippen LogP contribution is 2.27. The lowest BCUT2D eigenvalue weighted by Crippen LogP contribution is -2.38. The van der Waals surface area contributed by atoms with Gasteiger partial charge in [-0.25, -0.2) is 0 Å². The van der Waals surface area contributed by atoms with Gasteiger partial charge in [0.25, 0.3) is 5.91 Å². The number of nitrogens with one attached hydrogen (secondary N) is 1. The predicted octanol–water partition coefficient (Wildman–Crippen LogP) is 2.10. The molecule has 0 aliphatic rings. The summed E-state index contributed by atoms with van der Waals surface area (Å²) in [6.07, 6.45) is 0.189. The number of hydrogen-bond donors (Lipinski definition) is 3. The fourth-order valence-corrected chi connectivity index (χ4v) is 2.57. The molecular formula is C19H22N2O5. The number of carbonyl (C=O) groups excluding carboxylic acids is 1. The largest absolute Gasteiger partial charge is 0.493 e. The molecule has 0 saturated heterocycles. The summed E-state index contributed by atoms with van der Waals surface area (Å²) in [5.74, 6) is -0.438. The maximum absolute atomic E-state index is 12.5. The Morgan fingerprint density at radius 2 is 1.73 bits per heavy atom. The number of nitrogens with two attached hydrogens (primary N) is 1. The zero-order valence-electron chi connectivity index (χ0n) is 14.7. The summed E-state index contributed by atoms with van der Waals surface area (Å²) in [4.78, 5) is 23.7. The van der Waals surface area contributed by atoms with Gasteiger partial charge in [0.05, 0.1) is 20.6 Å². The molecule has 0 spiro atoms. The number of carboxylic acids is 1. The van der Waals surface area contributed by atoms with E-state index in [2.05, 4.69) is 5.32 Å². The molecule has 0 saturated carbocycles. The second-order valence-corrected chi connectivity index (χ2v) is 5.78. The van der Waals surface area contributed by atoms with Crippen LogP contribution in [-0.4, -0.2) is 37.2 Å². The topological polar surface area (TPSA) is 111 Å². The van der Waals surface area contributed by atoms with Gasteiger partial charge in [-0.2, -0.15) is 0 Å². The highest BCUT2D eigenvalue weighted by molar-refractivity contribution is 5.95. The van der Waals surface area contributed by atoms with Crippen molar-refractivity contribution in [2.75, 3.05) is 20.0 Å². The summed E-state index contributed by atoms with van der Waals surface area (Å²) in [5, 5.41) is 11.9. The average Bonchev–Trinajstić information content (AvgIpc) is 2.62. The third kappa shape index (κ3) is 5.14. The minimum absolute atomic E-state index is 0.191. The van der Waals surface area contributed by atoms with Crippen molar-refractivity contribution in [2.24, 2.45) is 0 Å². The molecule has 0 radical (unpaired) electrons. The Morgan fingerprint density at radius 1 is 1.08 bits per heavy atom. The van der Waals surface area contributed by atoms with E-state index in [1.807, 2.05) is 12.1 Å². The number of hydrogen-bond acceptors (Lipinski definition) is 5. The summed E-state index contributed by atoms with van der Waals surface area (Å²) < 4.78 is 10.3. The molecule has 2 aromatic carbocycles. The second-order valence-electron chi connectivity index (χ2n) is 5.78. The van der Waals surface area contributed by atoms with Crippen molar-refractivity contribution in [1.82, 2.24) is 5.32 Å². The number of anilines is 1. The third-order valence-corrected chi connectivity index (χ3v) is 3.86. The summed E-state index contributed by atoms with van der Waals surface area (Å²) in [6.45, 7) is 0. The number of amides is 1. The van der Waals surface area contributed by atoms with Crippen LogP contribution in [0.15, 0.2) is 42.5 Å². The number of ether oxygens (including phenoxy) is 2. The van der Waals surface area contributed by atoms with Gasteiger partial charge in [0.2, 0.25) is 0 Å². The Bertz CT molecular complexity index is 774. The minimum Gasteiger partial charge on any atom is -0.493 e. The molecule has 26 heavy (non-hydrogen) atoms. The van der Waals surface area contributed by atoms with Gasteiger partial charge >= 0.3 is 5.97 Å². The van der Waals surface area contributed by atoms with Crippen molar-refractivity contribution in [3.05, 3.63) is 53.6 Å². The molecule has 2 rings (SSSR count). The van der Waals surface area contributed by atoms with Crippen LogP contribution < -0.4 is 20.5 Å². The van der Waals surface area contributed by atoms with E-state index in [-0.39, 0.29) is 12.3 Å². The first-order chi connectivity index (χ1) is 12.4. The van der Waals surface area contributed by atoms with E-state index in [1.54, 1.807) is 30.3 Å². The summed E-state index contributed by atoms with van der Waals surface area (Å²) in [5.41, 5.74) is 7.53. The molecule has 4 N–H and O–H groups in total. The molecule has 7 nitrogen and oxygen atoms in total. The molecule has 1 atom stereocenters. The molecule has 1 amide bonds. The molecule has 0 bridgehead atoms. The van der Waals surface area contributed by atoms with E-state index in [0.717, 1.165) is 5.56 Å². The van der Waals surface area contributed by atoms with Crippen LogP contribution >= 0.6 is 0 Å². The number of rotatable bonds is 8. The number of nitrogen functional groups attached to an aromatic ring is 1. The summed E-state index contributed by atoms with van der Waals surface area (Å²) >= 11 is 0. The molecule has 2 aromatic rings. The van der Waals surface area contributed by atoms with Crippen LogP contribution in [0.5, 0.6) is 11.5 Å². The Labute approximate surface area is 151 Å². The number of carbonyl (C=O) groups is 2. The Morgan fingerprint density at radius 3 is 2.31 bits per heavy atom. The quantitative estimate of drug-likeness (QED) is 0.623. The van der Waals surface area contributed by atoms with Crippen molar-refractivity contribution in [2.45, 2.75) is 18.9 Å². The van der Waals surface area contributed by atoms with Gasteiger partial charge in [-0.3, -0.25) is 9.59 Å². The van der Waals surface area contributed by atoms with Crippen molar-refractivity contribution in [3.8, 4) is 11.5 Å². The first-order valence-corrected chi connectivity index (χ1v) is 8.02. The van der Waals surface area contributed by atoms with E-state index >= 15 is 0 Å². The normalized spacial score (nSPS) is 11.5. The third-order valence-electron chi connectivity index (χ3n) is 3.86. The second kappa shape index (κ2) is 8.75. The van der Waals surface area contributed by atoms with Gasteiger partial charge in [-0.15, -0.1) is 0 Å². The smallest absolute Gasteiger partial charge is 0.305 e. The number of methoxy groups -OCH3 is 2. The number of carboxylic acid groups (broad SMARTS) is 1. The maximum atomic E-state index is 12.5. The minimum atomic E-state index is -0.988. The zero-order valence-corrected chi connectivity index (χ0v) is 14.7.